The largest absolute Gasteiger partial charge is 0.362 e. The number of aromatic nitrogens is 2. The molecule has 19 heavy (non-hydrogen) atoms. The molecule has 0 aliphatic heterocycles. The van der Waals surface area contributed by atoms with Crippen molar-refractivity contribution >= 4 is 23.0 Å². The van der Waals surface area contributed by atoms with Crippen LogP contribution in [0.2, 0.25) is 0 Å². The molecule has 0 unspecified atom stereocenters. The first-order valence-electron chi connectivity index (χ1n) is 6.33. The molecule has 2 rings (SSSR count). The zero-order valence-corrected chi connectivity index (χ0v) is 11.8. The van der Waals surface area contributed by atoms with Gasteiger partial charge in [0.25, 0.3) is 0 Å². The highest BCUT2D eigenvalue weighted by Gasteiger charge is 1.97. The second-order valence-corrected chi connectivity index (χ2v) is 4.78. The van der Waals surface area contributed by atoms with Crippen molar-refractivity contribution in [1.29, 1.82) is 0 Å². The molecule has 1 heterocycles. The van der Waals surface area contributed by atoms with Crippen LogP contribution in [0, 0.1) is 6.92 Å². The van der Waals surface area contributed by atoms with Gasteiger partial charge in [-0.25, -0.2) is 0 Å². The van der Waals surface area contributed by atoms with Crippen molar-refractivity contribution < 1.29 is 0 Å². The first-order valence-corrected chi connectivity index (χ1v) is 6.74. The van der Waals surface area contributed by atoms with Crippen molar-refractivity contribution in [3.05, 3.63) is 48.3 Å². The molecule has 4 nitrogen and oxygen atoms in total. The van der Waals surface area contributed by atoms with Crippen LogP contribution in [0.3, 0.4) is 0 Å². The van der Waals surface area contributed by atoms with Crippen LogP contribution in [0.25, 0.3) is 0 Å². The maximum atomic E-state index is 5.24. The predicted octanol–water partition coefficient (Wildman–Crippen LogP) is 2.57. The van der Waals surface area contributed by atoms with Crippen LogP contribution in [0.4, 0.5) is 5.69 Å². The van der Waals surface area contributed by atoms with Gasteiger partial charge in [0.2, 0.25) is 0 Å². The molecule has 0 radical (unpaired) electrons. The van der Waals surface area contributed by atoms with Crippen LogP contribution in [0.1, 0.15) is 12.0 Å². The lowest BCUT2D eigenvalue weighted by Gasteiger charge is -2.10. The van der Waals surface area contributed by atoms with Crippen LogP contribution in [-0.2, 0) is 6.54 Å². The maximum Gasteiger partial charge on any atom is 0.170 e. The van der Waals surface area contributed by atoms with Gasteiger partial charge in [0, 0.05) is 31.2 Å². The minimum absolute atomic E-state index is 0.657. The highest BCUT2D eigenvalue weighted by molar-refractivity contribution is 7.80. The molecular formula is C14H18N4S. The number of rotatable bonds is 5. The summed E-state index contributed by atoms with van der Waals surface area (Å²) in [5, 5.41) is 11.2. The Bertz CT molecular complexity index is 505. The zero-order chi connectivity index (χ0) is 13.5. The fourth-order valence-corrected chi connectivity index (χ4v) is 1.91. The van der Waals surface area contributed by atoms with Crippen molar-refractivity contribution in [1.82, 2.24) is 15.1 Å². The summed E-state index contributed by atoms with van der Waals surface area (Å²) in [4.78, 5) is 0. The minimum atomic E-state index is 0.657. The number of nitrogens with zero attached hydrogens (tertiary/aromatic N) is 2. The predicted molar refractivity (Wildman–Crippen MR) is 82.2 cm³/mol. The molecule has 1 aromatic carbocycles. The normalized spacial score (nSPS) is 10.2. The molecule has 0 atom stereocenters. The van der Waals surface area contributed by atoms with Gasteiger partial charge in [-0.05, 0) is 43.8 Å². The van der Waals surface area contributed by atoms with Crippen LogP contribution in [0.5, 0.6) is 0 Å². The van der Waals surface area contributed by atoms with E-state index >= 15 is 0 Å². The van der Waals surface area contributed by atoms with E-state index in [9.17, 15) is 0 Å². The Labute approximate surface area is 118 Å². The number of nitrogens with one attached hydrogen (secondary N) is 2. The summed E-state index contributed by atoms with van der Waals surface area (Å²) in [7, 11) is 0. The summed E-state index contributed by atoms with van der Waals surface area (Å²) in [6.07, 6.45) is 4.73. The molecule has 100 valence electrons. The Morgan fingerprint density at radius 2 is 2.11 bits per heavy atom. The fourth-order valence-electron chi connectivity index (χ4n) is 1.69. The number of thiocarbonyl (C=S) groups is 1. The summed E-state index contributed by atoms with van der Waals surface area (Å²) in [5.41, 5.74) is 2.25. The molecule has 0 spiro atoms. The van der Waals surface area contributed by atoms with E-state index in [2.05, 4.69) is 34.8 Å². The van der Waals surface area contributed by atoms with Gasteiger partial charge in [-0.3, -0.25) is 4.68 Å². The number of aryl methyl sites for hydroxylation is 2. The van der Waals surface area contributed by atoms with Crippen LogP contribution in [-0.4, -0.2) is 21.4 Å². The third-order valence-corrected chi connectivity index (χ3v) is 2.96. The Kier molecular flexibility index (Phi) is 4.92. The topological polar surface area (TPSA) is 41.9 Å². The lowest BCUT2D eigenvalue weighted by Crippen LogP contribution is -2.29. The lowest BCUT2D eigenvalue weighted by atomic mass is 10.2. The second kappa shape index (κ2) is 6.89. The second-order valence-electron chi connectivity index (χ2n) is 4.37. The number of hydrogen-bond donors (Lipinski definition) is 2. The van der Waals surface area contributed by atoms with E-state index in [1.807, 2.05) is 29.1 Å². The Morgan fingerprint density at radius 1 is 1.32 bits per heavy atom. The fraction of sp³-hybridized carbons (Fsp3) is 0.286. The van der Waals surface area contributed by atoms with Gasteiger partial charge >= 0.3 is 0 Å². The molecule has 2 aromatic rings. The molecule has 5 heteroatoms. The number of hydrogen-bond acceptors (Lipinski definition) is 2. The van der Waals surface area contributed by atoms with Crippen LogP contribution >= 0.6 is 12.2 Å². The monoisotopic (exact) mass is 274 g/mol. The van der Waals surface area contributed by atoms with Gasteiger partial charge in [-0.2, -0.15) is 5.10 Å². The van der Waals surface area contributed by atoms with E-state index < -0.39 is 0 Å². The Morgan fingerprint density at radius 3 is 2.79 bits per heavy atom. The number of benzene rings is 1. The molecule has 0 aliphatic carbocycles. The Hall–Kier alpha value is -1.88. The first kappa shape index (κ1) is 13.5. The highest BCUT2D eigenvalue weighted by Crippen LogP contribution is 2.08. The van der Waals surface area contributed by atoms with Crippen LogP contribution in [0.15, 0.2) is 42.7 Å². The van der Waals surface area contributed by atoms with E-state index in [4.69, 9.17) is 12.2 Å². The summed E-state index contributed by atoms with van der Waals surface area (Å²) in [6, 6.07) is 10.1. The highest BCUT2D eigenvalue weighted by atomic mass is 32.1. The number of anilines is 1. The lowest BCUT2D eigenvalue weighted by molar-refractivity contribution is 0.574. The van der Waals surface area contributed by atoms with Crippen molar-refractivity contribution in [2.24, 2.45) is 0 Å². The summed E-state index contributed by atoms with van der Waals surface area (Å²) in [6.45, 7) is 3.79. The summed E-state index contributed by atoms with van der Waals surface area (Å²) < 4.78 is 1.91. The Balaban J connectivity index is 1.65. The van der Waals surface area contributed by atoms with Gasteiger partial charge in [0.05, 0.1) is 0 Å². The zero-order valence-electron chi connectivity index (χ0n) is 11.0. The standard InChI is InChI=1S/C14H18N4S/c1-12-4-6-13(7-5-12)17-14(19)15-8-2-10-18-11-3-9-16-18/h3-7,9,11H,2,8,10H2,1H3,(H2,15,17,19). The SMILES string of the molecule is Cc1ccc(NC(=S)NCCCn2cccn2)cc1. The average molecular weight is 274 g/mol. The van der Waals surface area contributed by atoms with E-state index in [1.165, 1.54) is 5.56 Å². The molecule has 0 saturated carbocycles. The molecular weight excluding hydrogens is 256 g/mol. The van der Waals surface area contributed by atoms with Crippen molar-refractivity contribution in [3.8, 4) is 0 Å². The van der Waals surface area contributed by atoms with E-state index in [0.717, 1.165) is 25.2 Å². The summed E-state index contributed by atoms with van der Waals surface area (Å²) >= 11 is 5.24. The van der Waals surface area contributed by atoms with E-state index in [1.54, 1.807) is 6.20 Å². The molecule has 1 aromatic heterocycles. The first-order chi connectivity index (χ1) is 9.24. The van der Waals surface area contributed by atoms with Gasteiger partial charge in [-0.15, -0.1) is 0 Å². The van der Waals surface area contributed by atoms with Crippen molar-refractivity contribution in [3.63, 3.8) is 0 Å². The van der Waals surface area contributed by atoms with Gasteiger partial charge in [0.1, 0.15) is 0 Å². The molecule has 0 bridgehead atoms. The smallest absolute Gasteiger partial charge is 0.170 e. The van der Waals surface area contributed by atoms with Crippen molar-refractivity contribution in [2.75, 3.05) is 11.9 Å². The third kappa shape index (κ3) is 4.71. The summed E-state index contributed by atoms with van der Waals surface area (Å²) in [5.74, 6) is 0. The molecule has 0 fully saturated rings. The molecule has 0 amide bonds. The van der Waals surface area contributed by atoms with Crippen LogP contribution < -0.4 is 10.6 Å². The van der Waals surface area contributed by atoms with E-state index in [0.29, 0.717) is 5.11 Å². The van der Waals surface area contributed by atoms with Gasteiger partial charge < -0.3 is 10.6 Å². The quantitative estimate of drug-likeness (QED) is 0.649. The molecule has 0 saturated heterocycles. The van der Waals surface area contributed by atoms with Crippen molar-refractivity contribution in [2.45, 2.75) is 19.9 Å². The van der Waals surface area contributed by atoms with E-state index in [-0.39, 0.29) is 0 Å². The minimum Gasteiger partial charge on any atom is -0.362 e. The molecule has 0 aliphatic rings. The maximum absolute atomic E-state index is 5.24. The van der Waals surface area contributed by atoms with Gasteiger partial charge in [-0.1, -0.05) is 17.7 Å². The van der Waals surface area contributed by atoms with Gasteiger partial charge in [0.15, 0.2) is 5.11 Å². The molecule has 2 N–H and O–H groups in total. The third-order valence-electron chi connectivity index (χ3n) is 2.72. The average Bonchev–Trinajstić information content (AvgIpc) is 2.91.